The summed E-state index contributed by atoms with van der Waals surface area (Å²) < 4.78 is 17.2. The minimum absolute atomic E-state index is 0.0638. The average molecular weight is 333 g/mol. The lowest BCUT2D eigenvalue weighted by atomic mass is 10.0. The van der Waals surface area contributed by atoms with E-state index in [1.807, 2.05) is 24.3 Å². The van der Waals surface area contributed by atoms with E-state index in [0.29, 0.717) is 26.4 Å². The molecule has 1 aliphatic carbocycles. The molecule has 1 saturated carbocycles. The second kappa shape index (κ2) is 7.99. The summed E-state index contributed by atoms with van der Waals surface area (Å²) in [5.41, 5.74) is 1.23. The van der Waals surface area contributed by atoms with Gasteiger partial charge in [-0.2, -0.15) is 0 Å². The van der Waals surface area contributed by atoms with Gasteiger partial charge in [-0.15, -0.1) is 0 Å². The van der Waals surface area contributed by atoms with E-state index in [0.717, 1.165) is 37.9 Å². The molecular formula is C19H27NO4. The lowest BCUT2D eigenvalue weighted by Crippen LogP contribution is -2.44. The second-order valence-corrected chi connectivity index (χ2v) is 6.61. The molecule has 0 unspecified atom stereocenters. The summed E-state index contributed by atoms with van der Waals surface area (Å²) in [6.45, 7) is 4.59. The highest BCUT2D eigenvalue weighted by Gasteiger charge is 2.51. The van der Waals surface area contributed by atoms with Gasteiger partial charge >= 0.3 is 0 Å². The van der Waals surface area contributed by atoms with Crippen LogP contribution in [0.1, 0.15) is 37.7 Å². The quantitative estimate of drug-likeness (QED) is 0.780. The molecule has 1 saturated heterocycles. The number of hydrogen-bond acceptors (Lipinski definition) is 4. The van der Waals surface area contributed by atoms with Crippen molar-refractivity contribution >= 4 is 5.91 Å². The van der Waals surface area contributed by atoms with E-state index in [2.05, 4.69) is 12.2 Å². The number of unbranched alkanes of at least 4 members (excludes halogenated alkanes) is 1. The molecule has 1 atom stereocenters. The molecule has 1 heterocycles. The number of amides is 1. The van der Waals surface area contributed by atoms with Gasteiger partial charge in [-0.25, -0.2) is 0 Å². The molecule has 1 aromatic carbocycles. The second-order valence-electron chi connectivity index (χ2n) is 6.61. The van der Waals surface area contributed by atoms with Crippen molar-refractivity contribution in [2.45, 2.75) is 44.8 Å². The average Bonchev–Trinajstić information content (AvgIpc) is 3.23. The largest absolute Gasteiger partial charge is 0.494 e. The summed E-state index contributed by atoms with van der Waals surface area (Å²) in [6, 6.07) is 8.05. The van der Waals surface area contributed by atoms with Gasteiger partial charge in [-0.3, -0.25) is 4.79 Å². The van der Waals surface area contributed by atoms with E-state index < -0.39 is 5.79 Å². The summed E-state index contributed by atoms with van der Waals surface area (Å²) in [5.74, 6) is 0.157. The van der Waals surface area contributed by atoms with Gasteiger partial charge in [0.05, 0.1) is 25.7 Å². The molecule has 2 aliphatic rings. The summed E-state index contributed by atoms with van der Waals surface area (Å²) in [6.07, 6.45) is 4.48. The van der Waals surface area contributed by atoms with Crippen LogP contribution in [0.25, 0.3) is 0 Å². The molecule has 0 aromatic heterocycles. The van der Waals surface area contributed by atoms with Crippen molar-refractivity contribution in [2.24, 2.45) is 5.92 Å². The molecule has 0 bridgehead atoms. The first-order valence-electron chi connectivity index (χ1n) is 8.95. The van der Waals surface area contributed by atoms with Crippen LogP contribution in [0.4, 0.5) is 0 Å². The Morgan fingerprint density at radius 2 is 2.00 bits per heavy atom. The van der Waals surface area contributed by atoms with Crippen molar-refractivity contribution in [3.8, 4) is 5.75 Å². The Bertz CT molecular complexity index is 531. The fourth-order valence-corrected chi connectivity index (χ4v) is 3.48. The Morgan fingerprint density at radius 3 is 2.75 bits per heavy atom. The van der Waals surface area contributed by atoms with Gasteiger partial charge in [-0.05, 0) is 44.7 Å². The first-order valence-corrected chi connectivity index (χ1v) is 8.95. The van der Waals surface area contributed by atoms with Crippen LogP contribution < -0.4 is 10.1 Å². The predicted octanol–water partition coefficient (Wildman–Crippen LogP) is 2.81. The molecule has 2 fully saturated rings. The van der Waals surface area contributed by atoms with Crippen LogP contribution in [0.2, 0.25) is 0 Å². The highest BCUT2D eigenvalue weighted by Crippen LogP contribution is 2.42. The fraction of sp³-hybridized carbons (Fsp3) is 0.632. The molecule has 1 aliphatic heterocycles. The lowest BCUT2D eigenvalue weighted by Gasteiger charge is -2.28. The standard InChI is InChI=1S/C19H27NO4/c1-15-6-8-16(9-7-15)22-12-3-2-11-20-18(21)17-5-4-10-19(17)23-13-14-24-19/h6-9,17H,2-5,10-14H2,1H3,(H,20,21)/t17-/m0/s1. The molecule has 0 radical (unpaired) electrons. The van der Waals surface area contributed by atoms with Gasteiger partial charge in [0.25, 0.3) is 0 Å². The number of benzene rings is 1. The van der Waals surface area contributed by atoms with E-state index in [4.69, 9.17) is 14.2 Å². The lowest BCUT2D eigenvalue weighted by molar-refractivity contribution is -0.186. The Balaban J connectivity index is 1.32. The van der Waals surface area contributed by atoms with E-state index in [9.17, 15) is 4.79 Å². The van der Waals surface area contributed by atoms with Crippen LogP contribution in [0.3, 0.4) is 0 Å². The molecule has 3 rings (SSSR count). The molecule has 1 N–H and O–H groups in total. The number of carbonyl (C=O) groups excluding carboxylic acids is 1. The maximum atomic E-state index is 12.4. The minimum Gasteiger partial charge on any atom is -0.494 e. The molecule has 132 valence electrons. The highest BCUT2D eigenvalue weighted by atomic mass is 16.7. The molecule has 1 amide bonds. The molecular weight excluding hydrogens is 306 g/mol. The van der Waals surface area contributed by atoms with Crippen molar-refractivity contribution in [2.75, 3.05) is 26.4 Å². The fourth-order valence-electron chi connectivity index (χ4n) is 3.48. The molecule has 5 nitrogen and oxygen atoms in total. The molecule has 1 spiro atoms. The number of aryl methyl sites for hydroxylation is 1. The zero-order valence-corrected chi connectivity index (χ0v) is 14.4. The van der Waals surface area contributed by atoms with Crippen molar-refractivity contribution in [3.63, 3.8) is 0 Å². The maximum Gasteiger partial charge on any atom is 0.228 e. The monoisotopic (exact) mass is 333 g/mol. The number of carbonyl (C=O) groups is 1. The summed E-state index contributed by atoms with van der Waals surface area (Å²) in [7, 11) is 0. The third kappa shape index (κ3) is 4.08. The van der Waals surface area contributed by atoms with E-state index in [1.165, 1.54) is 5.56 Å². The van der Waals surface area contributed by atoms with Crippen LogP contribution in [-0.2, 0) is 14.3 Å². The van der Waals surface area contributed by atoms with Crippen molar-refractivity contribution in [3.05, 3.63) is 29.8 Å². The van der Waals surface area contributed by atoms with Crippen molar-refractivity contribution < 1.29 is 19.0 Å². The van der Waals surface area contributed by atoms with Crippen LogP contribution in [-0.4, -0.2) is 38.1 Å². The Kier molecular flexibility index (Phi) is 5.74. The maximum absolute atomic E-state index is 12.4. The van der Waals surface area contributed by atoms with E-state index in [1.54, 1.807) is 0 Å². The van der Waals surface area contributed by atoms with Crippen molar-refractivity contribution in [1.29, 1.82) is 0 Å². The minimum atomic E-state index is -0.640. The zero-order valence-electron chi connectivity index (χ0n) is 14.4. The molecule has 5 heteroatoms. The number of ether oxygens (including phenoxy) is 3. The predicted molar refractivity (Wildman–Crippen MR) is 90.9 cm³/mol. The topological polar surface area (TPSA) is 56.8 Å². The zero-order chi connectivity index (χ0) is 16.8. The normalized spacial score (nSPS) is 22.0. The first-order chi connectivity index (χ1) is 11.7. The number of nitrogens with one attached hydrogen (secondary N) is 1. The van der Waals surface area contributed by atoms with E-state index >= 15 is 0 Å². The van der Waals surface area contributed by atoms with Gasteiger partial charge < -0.3 is 19.5 Å². The highest BCUT2D eigenvalue weighted by molar-refractivity contribution is 5.80. The van der Waals surface area contributed by atoms with Gasteiger partial charge in [0.2, 0.25) is 5.91 Å². The third-order valence-electron chi connectivity index (χ3n) is 4.80. The van der Waals surface area contributed by atoms with Crippen LogP contribution in [0, 0.1) is 12.8 Å². The van der Waals surface area contributed by atoms with Gasteiger partial charge in [0.1, 0.15) is 5.75 Å². The molecule has 1 aromatic rings. The number of hydrogen-bond donors (Lipinski definition) is 1. The number of rotatable bonds is 7. The van der Waals surface area contributed by atoms with Crippen LogP contribution in [0.15, 0.2) is 24.3 Å². The Hall–Kier alpha value is -1.59. The summed E-state index contributed by atoms with van der Waals surface area (Å²) >= 11 is 0. The van der Waals surface area contributed by atoms with Crippen LogP contribution >= 0.6 is 0 Å². The van der Waals surface area contributed by atoms with E-state index in [-0.39, 0.29) is 11.8 Å². The Labute approximate surface area is 143 Å². The molecule has 24 heavy (non-hydrogen) atoms. The Morgan fingerprint density at radius 1 is 1.25 bits per heavy atom. The summed E-state index contributed by atoms with van der Waals surface area (Å²) in [4.78, 5) is 12.4. The smallest absolute Gasteiger partial charge is 0.228 e. The van der Waals surface area contributed by atoms with Gasteiger partial charge in [0, 0.05) is 13.0 Å². The van der Waals surface area contributed by atoms with Crippen molar-refractivity contribution in [1.82, 2.24) is 5.32 Å². The first kappa shape index (κ1) is 17.2. The van der Waals surface area contributed by atoms with Gasteiger partial charge in [0.15, 0.2) is 5.79 Å². The van der Waals surface area contributed by atoms with Crippen LogP contribution in [0.5, 0.6) is 5.75 Å². The van der Waals surface area contributed by atoms with Gasteiger partial charge in [-0.1, -0.05) is 17.7 Å². The third-order valence-corrected chi connectivity index (χ3v) is 4.80. The SMILES string of the molecule is Cc1ccc(OCCCCNC(=O)[C@@H]2CCCC23OCCO3)cc1. The summed E-state index contributed by atoms with van der Waals surface area (Å²) in [5, 5.41) is 3.03.